The van der Waals surface area contributed by atoms with E-state index in [2.05, 4.69) is 5.32 Å². The van der Waals surface area contributed by atoms with E-state index in [4.69, 9.17) is 33.2 Å². The van der Waals surface area contributed by atoms with Gasteiger partial charge in [-0.05, 0) is 30.3 Å². The average molecular weight is 321 g/mol. The molecule has 1 N–H and O–H groups in total. The first-order valence-corrected chi connectivity index (χ1v) is 6.72. The van der Waals surface area contributed by atoms with Gasteiger partial charge in [-0.2, -0.15) is 5.26 Å². The maximum atomic E-state index is 11.8. The minimum Gasteiger partial charge on any atom is -0.482 e. The standard InChI is InChI=1S/C15H10Cl2N2O2/c16-12-3-1-2-4-14(12)21-9-15(20)19-11-6-5-10(8-18)13(17)7-11/h1-7H,9H2,(H,19,20). The molecule has 0 saturated carbocycles. The first-order valence-electron chi connectivity index (χ1n) is 5.97. The number of ether oxygens (including phenoxy) is 1. The van der Waals surface area contributed by atoms with Crippen LogP contribution in [0.1, 0.15) is 5.56 Å². The third-order valence-corrected chi connectivity index (χ3v) is 3.19. The minimum absolute atomic E-state index is 0.179. The van der Waals surface area contributed by atoms with Crippen LogP contribution in [0.2, 0.25) is 10.0 Å². The van der Waals surface area contributed by atoms with Crippen LogP contribution in [0, 0.1) is 11.3 Å². The smallest absolute Gasteiger partial charge is 0.262 e. The molecule has 2 rings (SSSR count). The van der Waals surface area contributed by atoms with Crippen molar-refractivity contribution in [2.45, 2.75) is 0 Å². The van der Waals surface area contributed by atoms with Gasteiger partial charge in [-0.3, -0.25) is 4.79 Å². The molecule has 4 nitrogen and oxygen atoms in total. The van der Waals surface area contributed by atoms with E-state index in [0.717, 1.165) is 0 Å². The van der Waals surface area contributed by atoms with Gasteiger partial charge in [-0.15, -0.1) is 0 Å². The van der Waals surface area contributed by atoms with Crippen LogP contribution in [0.5, 0.6) is 5.75 Å². The van der Waals surface area contributed by atoms with Gasteiger partial charge in [0, 0.05) is 5.69 Å². The molecule has 21 heavy (non-hydrogen) atoms. The van der Waals surface area contributed by atoms with E-state index in [0.29, 0.717) is 22.0 Å². The molecule has 0 spiro atoms. The van der Waals surface area contributed by atoms with Crippen molar-refractivity contribution in [3.05, 3.63) is 58.1 Å². The fourth-order valence-corrected chi connectivity index (χ4v) is 2.00. The molecule has 0 aliphatic rings. The molecule has 0 unspecified atom stereocenters. The van der Waals surface area contributed by atoms with Crippen LogP contribution in [-0.4, -0.2) is 12.5 Å². The van der Waals surface area contributed by atoms with Gasteiger partial charge in [0.15, 0.2) is 6.61 Å². The van der Waals surface area contributed by atoms with Crippen molar-refractivity contribution in [2.24, 2.45) is 0 Å². The van der Waals surface area contributed by atoms with Crippen molar-refractivity contribution in [1.29, 1.82) is 5.26 Å². The monoisotopic (exact) mass is 320 g/mol. The van der Waals surface area contributed by atoms with Gasteiger partial charge in [0.1, 0.15) is 11.8 Å². The molecule has 0 fully saturated rings. The molecule has 0 bridgehead atoms. The van der Waals surface area contributed by atoms with Gasteiger partial charge in [-0.25, -0.2) is 0 Å². The highest BCUT2D eigenvalue weighted by Gasteiger charge is 2.07. The summed E-state index contributed by atoms with van der Waals surface area (Å²) < 4.78 is 5.32. The Bertz CT molecular complexity index is 711. The van der Waals surface area contributed by atoms with E-state index in [1.165, 1.54) is 12.1 Å². The zero-order chi connectivity index (χ0) is 15.2. The summed E-state index contributed by atoms with van der Waals surface area (Å²) in [5.41, 5.74) is 0.841. The Kier molecular flexibility index (Phi) is 5.04. The zero-order valence-corrected chi connectivity index (χ0v) is 12.3. The van der Waals surface area contributed by atoms with Crippen LogP contribution >= 0.6 is 23.2 Å². The van der Waals surface area contributed by atoms with Crippen molar-refractivity contribution in [3.63, 3.8) is 0 Å². The average Bonchev–Trinajstić information content (AvgIpc) is 2.46. The Morgan fingerprint density at radius 2 is 1.95 bits per heavy atom. The van der Waals surface area contributed by atoms with E-state index >= 15 is 0 Å². The summed E-state index contributed by atoms with van der Waals surface area (Å²) in [6.07, 6.45) is 0. The molecular weight excluding hydrogens is 311 g/mol. The van der Waals surface area contributed by atoms with Crippen molar-refractivity contribution in [2.75, 3.05) is 11.9 Å². The number of nitrogens with one attached hydrogen (secondary N) is 1. The molecule has 2 aromatic carbocycles. The van der Waals surface area contributed by atoms with E-state index in [9.17, 15) is 4.79 Å². The number of anilines is 1. The quantitative estimate of drug-likeness (QED) is 0.929. The number of carbonyl (C=O) groups excluding carboxylic acids is 1. The second-order valence-corrected chi connectivity index (χ2v) is 4.89. The summed E-state index contributed by atoms with van der Waals surface area (Å²) >= 11 is 11.8. The number of hydrogen-bond acceptors (Lipinski definition) is 3. The highest BCUT2D eigenvalue weighted by Crippen LogP contribution is 2.23. The summed E-state index contributed by atoms with van der Waals surface area (Å²) in [5, 5.41) is 12.1. The molecule has 1 amide bonds. The van der Waals surface area contributed by atoms with Crippen molar-refractivity contribution in [3.8, 4) is 11.8 Å². The number of halogens is 2. The summed E-state index contributed by atoms with van der Waals surface area (Å²) in [6, 6.07) is 13.5. The predicted octanol–water partition coefficient (Wildman–Crippen LogP) is 3.88. The molecule has 0 radical (unpaired) electrons. The van der Waals surface area contributed by atoms with E-state index < -0.39 is 0 Å². The topological polar surface area (TPSA) is 62.1 Å². The Balaban J connectivity index is 1.95. The molecule has 0 saturated heterocycles. The first-order chi connectivity index (χ1) is 10.1. The van der Waals surface area contributed by atoms with E-state index in [1.807, 2.05) is 6.07 Å². The maximum Gasteiger partial charge on any atom is 0.262 e. The van der Waals surface area contributed by atoms with Crippen LogP contribution in [0.3, 0.4) is 0 Å². The number of benzene rings is 2. The van der Waals surface area contributed by atoms with Gasteiger partial charge >= 0.3 is 0 Å². The fourth-order valence-electron chi connectivity index (χ4n) is 1.59. The number of para-hydroxylation sites is 1. The number of rotatable bonds is 4. The SMILES string of the molecule is N#Cc1ccc(NC(=O)COc2ccccc2Cl)cc1Cl. The summed E-state index contributed by atoms with van der Waals surface area (Å²) in [6.45, 7) is -0.179. The third kappa shape index (κ3) is 4.12. The van der Waals surface area contributed by atoms with Gasteiger partial charge in [0.2, 0.25) is 0 Å². The molecule has 106 valence electrons. The Labute approximate surface area is 131 Å². The zero-order valence-electron chi connectivity index (χ0n) is 10.8. The summed E-state index contributed by atoms with van der Waals surface area (Å²) in [5.74, 6) is 0.0860. The number of carbonyl (C=O) groups is 1. The Morgan fingerprint density at radius 3 is 2.62 bits per heavy atom. The largest absolute Gasteiger partial charge is 0.482 e. The minimum atomic E-state index is -0.351. The summed E-state index contributed by atoms with van der Waals surface area (Å²) in [7, 11) is 0. The highest BCUT2D eigenvalue weighted by atomic mass is 35.5. The Morgan fingerprint density at radius 1 is 1.19 bits per heavy atom. The van der Waals surface area contributed by atoms with Crippen LogP contribution in [-0.2, 0) is 4.79 Å². The maximum absolute atomic E-state index is 11.8. The van der Waals surface area contributed by atoms with Crippen LogP contribution in [0.15, 0.2) is 42.5 Å². The molecule has 6 heteroatoms. The molecular formula is C15H10Cl2N2O2. The third-order valence-electron chi connectivity index (χ3n) is 2.57. The number of amides is 1. The molecule has 2 aromatic rings. The van der Waals surface area contributed by atoms with Crippen LogP contribution < -0.4 is 10.1 Å². The van der Waals surface area contributed by atoms with E-state index in [1.54, 1.807) is 30.3 Å². The van der Waals surface area contributed by atoms with Crippen molar-refractivity contribution in [1.82, 2.24) is 0 Å². The van der Waals surface area contributed by atoms with Crippen LogP contribution in [0.25, 0.3) is 0 Å². The number of nitriles is 1. The first kappa shape index (κ1) is 15.2. The Hall–Kier alpha value is -2.22. The predicted molar refractivity (Wildman–Crippen MR) is 81.7 cm³/mol. The van der Waals surface area contributed by atoms with Crippen LogP contribution in [0.4, 0.5) is 5.69 Å². The molecule has 0 atom stereocenters. The molecule has 0 aliphatic carbocycles. The molecule has 0 heterocycles. The van der Waals surface area contributed by atoms with Gasteiger partial charge in [0.05, 0.1) is 15.6 Å². The van der Waals surface area contributed by atoms with Crippen molar-refractivity contribution >= 4 is 34.8 Å². The number of hydrogen-bond donors (Lipinski definition) is 1. The molecule has 0 aromatic heterocycles. The highest BCUT2D eigenvalue weighted by molar-refractivity contribution is 6.32. The lowest BCUT2D eigenvalue weighted by atomic mass is 10.2. The number of nitrogens with zero attached hydrogens (tertiary/aromatic N) is 1. The molecule has 0 aliphatic heterocycles. The lowest BCUT2D eigenvalue weighted by Crippen LogP contribution is -2.20. The lowest BCUT2D eigenvalue weighted by molar-refractivity contribution is -0.118. The van der Waals surface area contributed by atoms with Gasteiger partial charge in [-0.1, -0.05) is 35.3 Å². The summed E-state index contributed by atoms with van der Waals surface area (Å²) in [4.78, 5) is 11.8. The fraction of sp³-hybridized carbons (Fsp3) is 0.0667. The van der Waals surface area contributed by atoms with Gasteiger partial charge < -0.3 is 10.1 Å². The van der Waals surface area contributed by atoms with Gasteiger partial charge in [0.25, 0.3) is 5.91 Å². The second kappa shape index (κ2) is 6.98. The second-order valence-electron chi connectivity index (χ2n) is 4.07. The lowest BCUT2D eigenvalue weighted by Gasteiger charge is -2.09. The van der Waals surface area contributed by atoms with E-state index in [-0.39, 0.29) is 17.5 Å². The normalized spacial score (nSPS) is 9.76. The van der Waals surface area contributed by atoms with Crippen molar-refractivity contribution < 1.29 is 9.53 Å².